The number of rotatable bonds is 5. The molecule has 1 aliphatic carbocycles. The second-order valence-corrected chi connectivity index (χ2v) is 7.21. The maximum absolute atomic E-state index is 13.1. The van der Waals surface area contributed by atoms with Crippen molar-refractivity contribution < 1.29 is 4.79 Å². The first-order valence-corrected chi connectivity index (χ1v) is 9.55. The van der Waals surface area contributed by atoms with Crippen LogP contribution in [0.5, 0.6) is 0 Å². The molecule has 138 valence electrons. The predicted octanol–water partition coefficient (Wildman–Crippen LogP) is 4.32. The Morgan fingerprint density at radius 2 is 1.85 bits per heavy atom. The lowest BCUT2D eigenvalue weighted by molar-refractivity contribution is 0.137. The van der Waals surface area contributed by atoms with E-state index >= 15 is 0 Å². The molecule has 5 heteroatoms. The van der Waals surface area contributed by atoms with Crippen molar-refractivity contribution in [3.05, 3.63) is 71.9 Å². The van der Waals surface area contributed by atoms with Gasteiger partial charge in [-0.05, 0) is 38.2 Å². The maximum atomic E-state index is 13.1. The molecular formula is C22H24N4O. The zero-order chi connectivity index (χ0) is 18.6. The Kier molecular flexibility index (Phi) is 5.01. The first-order valence-electron chi connectivity index (χ1n) is 9.55. The molecule has 1 heterocycles. The van der Waals surface area contributed by atoms with Gasteiger partial charge in [-0.3, -0.25) is 0 Å². The van der Waals surface area contributed by atoms with Gasteiger partial charge in [0.15, 0.2) is 0 Å². The third kappa shape index (κ3) is 3.92. The van der Waals surface area contributed by atoms with Gasteiger partial charge in [-0.25, -0.2) is 4.79 Å². The first-order chi connectivity index (χ1) is 13.2. The zero-order valence-electron chi connectivity index (χ0n) is 15.6. The second kappa shape index (κ2) is 7.74. The van der Waals surface area contributed by atoms with E-state index in [2.05, 4.69) is 22.4 Å². The van der Waals surface area contributed by atoms with Crippen LogP contribution in [-0.2, 0) is 6.42 Å². The molecule has 0 saturated heterocycles. The van der Waals surface area contributed by atoms with Crippen LogP contribution >= 0.6 is 0 Å². The minimum Gasteiger partial charge on any atom is -0.320 e. The van der Waals surface area contributed by atoms with Crippen LogP contribution in [0.2, 0.25) is 0 Å². The lowest BCUT2D eigenvalue weighted by Gasteiger charge is -2.37. The van der Waals surface area contributed by atoms with E-state index in [1.807, 2.05) is 54.3 Å². The van der Waals surface area contributed by atoms with Crippen molar-refractivity contribution in [2.24, 2.45) is 0 Å². The summed E-state index contributed by atoms with van der Waals surface area (Å²) in [5, 5.41) is 8.31. The summed E-state index contributed by atoms with van der Waals surface area (Å²) in [5.74, 6) is 0. The average Bonchev–Trinajstić information content (AvgIpc) is 3.14. The Hall–Kier alpha value is -2.95. The summed E-state index contributed by atoms with van der Waals surface area (Å²) in [6, 6.07) is 18.6. The van der Waals surface area contributed by atoms with Crippen molar-refractivity contribution >= 4 is 6.03 Å². The highest BCUT2D eigenvalue weighted by Crippen LogP contribution is 2.26. The molecule has 1 saturated carbocycles. The summed E-state index contributed by atoms with van der Waals surface area (Å²) in [6.45, 7) is 2.75. The highest BCUT2D eigenvalue weighted by Gasteiger charge is 2.30. The highest BCUT2D eigenvalue weighted by atomic mass is 16.2. The number of aromatic nitrogens is 3. The summed E-state index contributed by atoms with van der Waals surface area (Å²) in [7, 11) is 0. The predicted molar refractivity (Wildman–Crippen MR) is 105 cm³/mol. The van der Waals surface area contributed by atoms with Crippen LogP contribution in [0.4, 0.5) is 4.79 Å². The van der Waals surface area contributed by atoms with Crippen molar-refractivity contribution in [1.82, 2.24) is 19.9 Å². The topological polar surface area (TPSA) is 51.0 Å². The SMILES string of the molecule is Cc1ccc(-c2cn(C(=O)N(CCc3ccccc3)C3CCC3)nn2)cc1. The Morgan fingerprint density at radius 1 is 1.11 bits per heavy atom. The first kappa shape index (κ1) is 17.5. The minimum atomic E-state index is -0.0820. The molecule has 3 aromatic rings. The molecule has 1 amide bonds. The molecule has 0 spiro atoms. The second-order valence-electron chi connectivity index (χ2n) is 7.21. The quantitative estimate of drug-likeness (QED) is 0.681. The number of hydrogen-bond acceptors (Lipinski definition) is 3. The third-order valence-corrected chi connectivity index (χ3v) is 5.28. The molecule has 27 heavy (non-hydrogen) atoms. The van der Waals surface area contributed by atoms with E-state index in [0.29, 0.717) is 12.6 Å². The molecular weight excluding hydrogens is 336 g/mol. The summed E-state index contributed by atoms with van der Waals surface area (Å²) in [4.78, 5) is 15.0. The van der Waals surface area contributed by atoms with E-state index in [1.54, 1.807) is 6.20 Å². The van der Waals surface area contributed by atoms with Gasteiger partial charge in [-0.1, -0.05) is 65.4 Å². The molecule has 1 aromatic heterocycles. The van der Waals surface area contributed by atoms with Gasteiger partial charge in [0.05, 0.1) is 6.20 Å². The van der Waals surface area contributed by atoms with E-state index in [1.165, 1.54) is 22.2 Å². The van der Waals surface area contributed by atoms with Crippen molar-refractivity contribution in [3.63, 3.8) is 0 Å². The van der Waals surface area contributed by atoms with Crippen molar-refractivity contribution in [2.45, 2.75) is 38.6 Å². The van der Waals surface area contributed by atoms with Gasteiger partial charge in [-0.15, -0.1) is 5.10 Å². The lowest BCUT2D eigenvalue weighted by atomic mass is 9.91. The number of carbonyl (C=O) groups excluding carboxylic acids is 1. The van der Waals surface area contributed by atoms with Gasteiger partial charge in [0.25, 0.3) is 0 Å². The van der Waals surface area contributed by atoms with E-state index in [-0.39, 0.29) is 6.03 Å². The molecule has 2 aromatic carbocycles. The fourth-order valence-corrected chi connectivity index (χ4v) is 3.37. The van der Waals surface area contributed by atoms with E-state index in [4.69, 9.17) is 0 Å². The van der Waals surface area contributed by atoms with Gasteiger partial charge < -0.3 is 4.90 Å². The number of carbonyl (C=O) groups is 1. The van der Waals surface area contributed by atoms with Crippen LogP contribution in [-0.4, -0.2) is 38.5 Å². The maximum Gasteiger partial charge on any atom is 0.346 e. The molecule has 0 unspecified atom stereocenters. The molecule has 1 fully saturated rings. The molecule has 0 aliphatic heterocycles. The molecule has 0 N–H and O–H groups in total. The van der Waals surface area contributed by atoms with E-state index in [9.17, 15) is 4.79 Å². The van der Waals surface area contributed by atoms with Crippen molar-refractivity contribution in [2.75, 3.05) is 6.54 Å². The number of amides is 1. The Labute approximate surface area is 159 Å². The third-order valence-electron chi connectivity index (χ3n) is 5.28. The molecule has 0 bridgehead atoms. The molecule has 0 radical (unpaired) electrons. The Bertz CT molecular complexity index is 898. The van der Waals surface area contributed by atoms with Crippen LogP contribution in [0.15, 0.2) is 60.8 Å². The normalized spacial score (nSPS) is 14.0. The van der Waals surface area contributed by atoms with Gasteiger partial charge in [0, 0.05) is 18.2 Å². The number of hydrogen-bond donors (Lipinski definition) is 0. The fraction of sp³-hybridized carbons (Fsp3) is 0.318. The van der Waals surface area contributed by atoms with Crippen LogP contribution in [0.1, 0.15) is 30.4 Å². The summed E-state index contributed by atoms with van der Waals surface area (Å²) >= 11 is 0. The monoisotopic (exact) mass is 360 g/mol. The van der Waals surface area contributed by atoms with Crippen LogP contribution in [0.25, 0.3) is 11.3 Å². The van der Waals surface area contributed by atoms with Crippen LogP contribution < -0.4 is 0 Å². The van der Waals surface area contributed by atoms with Crippen LogP contribution in [0.3, 0.4) is 0 Å². The molecule has 5 nitrogen and oxygen atoms in total. The lowest BCUT2D eigenvalue weighted by Crippen LogP contribution is -2.47. The summed E-state index contributed by atoms with van der Waals surface area (Å²) < 4.78 is 1.39. The molecule has 0 atom stereocenters. The van der Waals surface area contributed by atoms with Crippen LogP contribution in [0, 0.1) is 6.92 Å². The Balaban J connectivity index is 1.50. The van der Waals surface area contributed by atoms with E-state index in [0.717, 1.165) is 30.5 Å². The van der Waals surface area contributed by atoms with Crippen molar-refractivity contribution in [1.29, 1.82) is 0 Å². The number of benzene rings is 2. The smallest absolute Gasteiger partial charge is 0.320 e. The largest absolute Gasteiger partial charge is 0.346 e. The zero-order valence-corrected chi connectivity index (χ0v) is 15.6. The minimum absolute atomic E-state index is 0.0820. The number of aryl methyl sites for hydroxylation is 1. The van der Waals surface area contributed by atoms with Gasteiger partial charge in [0.1, 0.15) is 5.69 Å². The van der Waals surface area contributed by atoms with Crippen molar-refractivity contribution in [3.8, 4) is 11.3 Å². The fourth-order valence-electron chi connectivity index (χ4n) is 3.37. The summed E-state index contributed by atoms with van der Waals surface area (Å²) in [6.07, 6.45) is 5.91. The van der Waals surface area contributed by atoms with Gasteiger partial charge in [-0.2, -0.15) is 4.68 Å². The number of nitrogens with zero attached hydrogens (tertiary/aromatic N) is 4. The van der Waals surface area contributed by atoms with E-state index < -0.39 is 0 Å². The molecule has 4 rings (SSSR count). The Morgan fingerprint density at radius 3 is 2.52 bits per heavy atom. The standard InChI is InChI=1S/C22H24N4O/c1-17-10-12-19(13-11-17)21-16-26(24-23-21)22(27)25(20-8-5-9-20)15-14-18-6-3-2-4-7-18/h2-4,6-7,10-13,16,20H,5,8-9,14-15H2,1H3. The summed E-state index contributed by atoms with van der Waals surface area (Å²) in [5.41, 5.74) is 4.13. The average molecular weight is 360 g/mol. The van der Waals surface area contributed by atoms with Gasteiger partial charge in [0.2, 0.25) is 0 Å². The molecule has 1 aliphatic rings. The van der Waals surface area contributed by atoms with Gasteiger partial charge >= 0.3 is 6.03 Å². The highest BCUT2D eigenvalue weighted by molar-refractivity contribution is 5.77.